The average molecular weight is 429 g/mol. The molecule has 7 heteroatoms. The number of carbonyl (C=O) groups excluding carboxylic acids is 2. The number of halogens is 2. The first-order chi connectivity index (χ1) is 14.0. The fourth-order valence-electron chi connectivity index (χ4n) is 2.53. The monoisotopic (exact) mass is 428 g/mol. The summed E-state index contributed by atoms with van der Waals surface area (Å²) < 4.78 is 5.57. The number of para-hydroxylation sites is 1. The summed E-state index contributed by atoms with van der Waals surface area (Å²) in [5, 5.41) is 6.75. The molecule has 0 bridgehead atoms. The molecule has 0 aliphatic heterocycles. The van der Waals surface area contributed by atoms with Gasteiger partial charge in [0, 0.05) is 22.3 Å². The summed E-state index contributed by atoms with van der Waals surface area (Å²) in [7, 11) is 0. The molecule has 0 heterocycles. The normalized spacial score (nSPS) is 10.3. The molecule has 0 aliphatic carbocycles. The quantitative estimate of drug-likeness (QED) is 0.559. The molecule has 0 unspecified atom stereocenters. The van der Waals surface area contributed by atoms with Gasteiger partial charge in [0.1, 0.15) is 5.75 Å². The van der Waals surface area contributed by atoms with Crippen molar-refractivity contribution < 1.29 is 14.3 Å². The number of anilines is 1. The van der Waals surface area contributed by atoms with E-state index in [-0.39, 0.29) is 18.4 Å². The number of nitrogens with one attached hydrogen (secondary N) is 2. The second-order valence-corrected chi connectivity index (χ2v) is 7.02. The fraction of sp³-hybridized carbons (Fsp3) is 0.0909. The van der Waals surface area contributed by atoms with Crippen LogP contribution < -0.4 is 15.4 Å². The van der Waals surface area contributed by atoms with Gasteiger partial charge in [-0.25, -0.2) is 0 Å². The summed E-state index contributed by atoms with van der Waals surface area (Å²) in [6, 6.07) is 20.7. The lowest BCUT2D eigenvalue weighted by Crippen LogP contribution is -2.25. The van der Waals surface area contributed by atoms with Crippen molar-refractivity contribution in [1.82, 2.24) is 5.32 Å². The molecule has 0 saturated carbocycles. The predicted molar refractivity (Wildman–Crippen MR) is 115 cm³/mol. The van der Waals surface area contributed by atoms with Crippen LogP contribution in [0.1, 0.15) is 15.9 Å². The van der Waals surface area contributed by atoms with Gasteiger partial charge in [-0.15, -0.1) is 0 Å². The molecule has 29 heavy (non-hydrogen) atoms. The molecule has 0 saturated heterocycles. The zero-order valence-corrected chi connectivity index (χ0v) is 16.8. The lowest BCUT2D eigenvalue weighted by molar-refractivity contribution is -0.118. The minimum atomic E-state index is -0.344. The number of rotatable bonds is 7. The molecule has 2 N–H and O–H groups in total. The first kappa shape index (κ1) is 20.7. The molecule has 0 radical (unpaired) electrons. The Labute approximate surface area is 178 Å². The number of carbonyl (C=O) groups is 2. The van der Waals surface area contributed by atoms with Gasteiger partial charge in [-0.05, 0) is 54.1 Å². The molecule has 0 fully saturated rings. The number of amides is 2. The topological polar surface area (TPSA) is 67.4 Å². The Morgan fingerprint density at radius 1 is 0.828 bits per heavy atom. The van der Waals surface area contributed by atoms with Gasteiger partial charge in [0.15, 0.2) is 6.61 Å². The highest BCUT2D eigenvalue weighted by Gasteiger charge is 2.13. The van der Waals surface area contributed by atoms with Crippen LogP contribution in [0.3, 0.4) is 0 Å². The number of ether oxygens (including phenoxy) is 1. The summed E-state index contributed by atoms with van der Waals surface area (Å²) in [4.78, 5) is 24.7. The molecule has 3 aromatic rings. The molecule has 3 aromatic carbocycles. The van der Waals surface area contributed by atoms with Crippen LogP contribution in [-0.4, -0.2) is 18.4 Å². The van der Waals surface area contributed by atoms with Crippen molar-refractivity contribution in [2.24, 2.45) is 0 Å². The van der Waals surface area contributed by atoms with Crippen molar-refractivity contribution in [2.45, 2.75) is 6.54 Å². The number of benzene rings is 3. The number of hydrogen-bond acceptors (Lipinski definition) is 3. The molecule has 5 nitrogen and oxygen atoms in total. The van der Waals surface area contributed by atoms with Gasteiger partial charge in [0.2, 0.25) is 0 Å². The summed E-state index contributed by atoms with van der Waals surface area (Å²) in [6.07, 6.45) is 0. The van der Waals surface area contributed by atoms with E-state index in [0.29, 0.717) is 33.6 Å². The van der Waals surface area contributed by atoms with Gasteiger partial charge in [-0.2, -0.15) is 0 Å². The van der Waals surface area contributed by atoms with E-state index in [0.717, 1.165) is 5.56 Å². The van der Waals surface area contributed by atoms with Crippen molar-refractivity contribution in [3.63, 3.8) is 0 Å². The van der Waals surface area contributed by atoms with Crippen LogP contribution in [0.15, 0.2) is 72.8 Å². The minimum absolute atomic E-state index is 0.232. The Hall–Kier alpha value is -3.02. The third-order valence-corrected chi connectivity index (χ3v) is 4.49. The van der Waals surface area contributed by atoms with Crippen LogP contribution in [0.25, 0.3) is 0 Å². The fourth-order valence-corrected chi connectivity index (χ4v) is 2.79. The van der Waals surface area contributed by atoms with Gasteiger partial charge >= 0.3 is 0 Å². The highest BCUT2D eigenvalue weighted by atomic mass is 35.5. The first-order valence-corrected chi connectivity index (χ1v) is 9.57. The van der Waals surface area contributed by atoms with Crippen molar-refractivity contribution >= 4 is 40.7 Å². The van der Waals surface area contributed by atoms with Crippen LogP contribution in [0, 0.1) is 0 Å². The Balaban J connectivity index is 1.57. The van der Waals surface area contributed by atoms with E-state index in [1.807, 2.05) is 12.1 Å². The Kier molecular flexibility index (Phi) is 7.11. The third kappa shape index (κ3) is 6.24. The maximum Gasteiger partial charge on any atom is 0.262 e. The van der Waals surface area contributed by atoms with Crippen molar-refractivity contribution in [1.29, 1.82) is 0 Å². The van der Waals surface area contributed by atoms with E-state index < -0.39 is 0 Å². The van der Waals surface area contributed by atoms with Crippen LogP contribution in [0.5, 0.6) is 5.75 Å². The maximum absolute atomic E-state index is 12.5. The molecular weight excluding hydrogens is 411 g/mol. The highest BCUT2D eigenvalue weighted by molar-refractivity contribution is 6.30. The number of hydrogen-bond donors (Lipinski definition) is 2. The summed E-state index contributed by atoms with van der Waals surface area (Å²) in [6.45, 7) is 0.117. The smallest absolute Gasteiger partial charge is 0.262 e. The van der Waals surface area contributed by atoms with E-state index in [2.05, 4.69) is 10.6 Å². The molecule has 3 rings (SSSR count). The van der Waals surface area contributed by atoms with Crippen molar-refractivity contribution in [3.8, 4) is 5.75 Å². The van der Waals surface area contributed by atoms with Crippen LogP contribution in [0.4, 0.5) is 5.69 Å². The maximum atomic E-state index is 12.5. The second kappa shape index (κ2) is 9.96. The lowest BCUT2D eigenvalue weighted by Gasteiger charge is -2.12. The van der Waals surface area contributed by atoms with E-state index in [1.165, 1.54) is 0 Å². The predicted octanol–water partition coefficient (Wildman–Crippen LogP) is 4.94. The average Bonchev–Trinajstić information content (AvgIpc) is 2.73. The van der Waals surface area contributed by atoms with E-state index in [4.69, 9.17) is 27.9 Å². The highest BCUT2D eigenvalue weighted by Crippen LogP contribution is 2.19. The zero-order chi connectivity index (χ0) is 20.6. The van der Waals surface area contributed by atoms with Crippen LogP contribution >= 0.6 is 23.2 Å². The lowest BCUT2D eigenvalue weighted by atomic mass is 10.1. The second-order valence-electron chi connectivity index (χ2n) is 6.15. The molecule has 0 aromatic heterocycles. The van der Waals surface area contributed by atoms with Gasteiger partial charge in [-0.1, -0.05) is 47.5 Å². The van der Waals surface area contributed by atoms with Gasteiger partial charge in [-0.3, -0.25) is 9.59 Å². The van der Waals surface area contributed by atoms with Crippen LogP contribution in [-0.2, 0) is 11.3 Å². The standard InChI is InChI=1S/C22H18Cl2N2O3/c23-16-7-5-15(6-8-16)13-25-22(28)19-3-1-2-4-20(19)29-14-21(27)26-18-11-9-17(24)10-12-18/h1-12H,13-14H2,(H,25,28)(H,26,27). The van der Waals surface area contributed by atoms with E-state index in [9.17, 15) is 9.59 Å². The molecule has 2 amide bonds. The zero-order valence-electron chi connectivity index (χ0n) is 15.3. The van der Waals surface area contributed by atoms with Gasteiger partial charge < -0.3 is 15.4 Å². The van der Waals surface area contributed by atoms with Crippen LogP contribution in [0.2, 0.25) is 10.0 Å². The minimum Gasteiger partial charge on any atom is -0.483 e. The Morgan fingerprint density at radius 3 is 2.14 bits per heavy atom. The summed E-state index contributed by atoms with van der Waals surface area (Å²) in [5.74, 6) is -0.315. The summed E-state index contributed by atoms with van der Waals surface area (Å²) >= 11 is 11.7. The molecule has 0 aliphatic rings. The molecule has 0 atom stereocenters. The molecule has 148 valence electrons. The van der Waals surface area contributed by atoms with Gasteiger partial charge in [0.05, 0.1) is 5.56 Å². The Morgan fingerprint density at radius 2 is 1.45 bits per heavy atom. The summed E-state index contributed by atoms with van der Waals surface area (Å²) in [5.41, 5.74) is 1.88. The van der Waals surface area contributed by atoms with Crippen molar-refractivity contribution in [3.05, 3.63) is 94.0 Å². The molecular formula is C22H18Cl2N2O3. The molecule has 0 spiro atoms. The van der Waals surface area contributed by atoms with Crippen molar-refractivity contribution in [2.75, 3.05) is 11.9 Å². The largest absolute Gasteiger partial charge is 0.483 e. The van der Waals surface area contributed by atoms with E-state index in [1.54, 1.807) is 60.7 Å². The first-order valence-electron chi connectivity index (χ1n) is 8.81. The third-order valence-electron chi connectivity index (χ3n) is 3.98. The SMILES string of the molecule is O=C(COc1ccccc1C(=O)NCc1ccc(Cl)cc1)Nc1ccc(Cl)cc1. The Bertz CT molecular complexity index is 990. The van der Waals surface area contributed by atoms with Gasteiger partial charge in [0.25, 0.3) is 11.8 Å². The van der Waals surface area contributed by atoms with E-state index >= 15 is 0 Å².